The maximum atomic E-state index is 11.7. The lowest BCUT2D eigenvalue weighted by Gasteiger charge is -2.04. The SMILES string of the molecule is CCCCCCCCCC(=O)NCC(=O)NN=Cc1cc([N+](=O)[O-])ccc1O. The first-order valence-corrected chi connectivity index (χ1v) is 9.50. The number of nitrogens with zero attached hydrogens (tertiary/aromatic N) is 2. The smallest absolute Gasteiger partial charge is 0.270 e. The van der Waals surface area contributed by atoms with Crippen LogP contribution in [0.4, 0.5) is 5.69 Å². The zero-order valence-corrected chi connectivity index (χ0v) is 16.1. The van der Waals surface area contributed by atoms with Crippen molar-refractivity contribution in [1.29, 1.82) is 0 Å². The fourth-order valence-electron chi connectivity index (χ4n) is 2.48. The molecule has 3 N–H and O–H groups in total. The molecule has 0 heterocycles. The number of nitro benzene ring substituents is 1. The van der Waals surface area contributed by atoms with Crippen LogP contribution < -0.4 is 10.7 Å². The highest BCUT2D eigenvalue weighted by Gasteiger charge is 2.09. The fraction of sp³-hybridized carbons (Fsp3) is 0.526. The molecule has 1 rings (SSSR count). The van der Waals surface area contributed by atoms with E-state index in [0.717, 1.165) is 37.6 Å². The lowest BCUT2D eigenvalue weighted by atomic mass is 10.1. The molecule has 0 aliphatic carbocycles. The summed E-state index contributed by atoms with van der Waals surface area (Å²) in [7, 11) is 0. The van der Waals surface area contributed by atoms with Gasteiger partial charge in [-0.05, 0) is 12.5 Å². The normalized spacial score (nSPS) is 10.8. The van der Waals surface area contributed by atoms with Crippen molar-refractivity contribution in [2.45, 2.75) is 58.3 Å². The minimum absolute atomic E-state index is 0.0949. The summed E-state index contributed by atoms with van der Waals surface area (Å²) >= 11 is 0. The van der Waals surface area contributed by atoms with Crippen molar-refractivity contribution in [2.24, 2.45) is 5.10 Å². The Bertz CT molecular complexity index is 691. The van der Waals surface area contributed by atoms with E-state index in [1.54, 1.807) is 0 Å². The number of benzene rings is 1. The largest absolute Gasteiger partial charge is 0.507 e. The van der Waals surface area contributed by atoms with E-state index in [1.165, 1.54) is 31.7 Å². The lowest BCUT2D eigenvalue weighted by Crippen LogP contribution is -2.34. The number of phenolic OH excluding ortho intramolecular Hbond substituents is 1. The van der Waals surface area contributed by atoms with Gasteiger partial charge in [0.2, 0.25) is 5.91 Å². The summed E-state index contributed by atoms with van der Waals surface area (Å²) in [5, 5.41) is 26.5. The molecule has 0 saturated carbocycles. The molecular weight excluding hydrogens is 364 g/mol. The molecule has 0 fully saturated rings. The minimum atomic E-state index is -0.601. The third-order valence-electron chi connectivity index (χ3n) is 4.07. The first kappa shape index (κ1) is 23.1. The highest BCUT2D eigenvalue weighted by molar-refractivity contribution is 5.87. The van der Waals surface area contributed by atoms with Gasteiger partial charge in [-0.25, -0.2) is 5.43 Å². The number of hydrogen-bond acceptors (Lipinski definition) is 6. The molecule has 154 valence electrons. The number of rotatable bonds is 13. The molecule has 1 aromatic rings. The lowest BCUT2D eigenvalue weighted by molar-refractivity contribution is -0.384. The molecule has 0 aliphatic rings. The Hall–Kier alpha value is -2.97. The van der Waals surface area contributed by atoms with Gasteiger partial charge in [0, 0.05) is 24.1 Å². The molecule has 9 heteroatoms. The van der Waals surface area contributed by atoms with Crippen molar-refractivity contribution in [3.8, 4) is 5.75 Å². The van der Waals surface area contributed by atoms with Crippen LogP contribution >= 0.6 is 0 Å². The van der Waals surface area contributed by atoms with Gasteiger partial charge < -0.3 is 10.4 Å². The van der Waals surface area contributed by atoms with Gasteiger partial charge in [0.05, 0.1) is 17.7 Å². The number of non-ortho nitro benzene ring substituents is 1. The molecule has 28 heavy (non-hydrogen) atoms. The van der Waals surface area contributed by atoms with Gasteiger partial charge >= 0.3 is 0 Å². The van der Waals surface area contributed by atoms with Crippen LogP contribution in [0.1, 0.15) is 63.9 Å². The van der Waals surface area contributed by atoms with E-state index in [2.05, 4.69) is 22.8 Å². The van der Waals surface area contributed by atoms with Crippen molar-refractivity contribution in [1.82, 2.24) is 10.7 Å². The van der Waals surface area contributed by atoms with Crippen LogP contribution in [0.15, 0.2) is 23.3 Å². The van der Waals surface area contributed by atoms with Crippen LogP contribution in [0, 0.1) is 10.1 Å². The Morgan fingerprint density at radius 1 is 1.14 bits per heavy atom. The Kier molecular flexibility index (Phi) is 10.9. The van der Waals surface area contributed by atoms with E-state index >= 15 is 0 Å². The molecule has 0 bridgehead atoms. The summed E-state index contributed by atoms with van der Waals surface area (Å²) in [6.07, 6.45) is 9.27. The molecule has 0 radical (unpaired) electrons. The standard InChI is InChI=1S/C19H28N4O5/c1-2-3-4-5-6-7-8-9-18(25)20-14-19(26)22-21-13-15-12-16(23(27)28)10-11-17(15)24/h10-13,24H,2-9,14H2,1H3,(H,20,25)(H,22,26). The molecule has 1 aromatic carbocycles. The van der Waals surface area contributed by atoms with Crippen molar-refractivity contribution in [2.75, 3.05) is 6.54 Å². The van der Waals surface area contributed by atoms with Crippen LogP contribution in [0.3, 0.4) is 0 Å². The van der Waals surface area contributed by atoms with E-state index in [-0.39, 0.29) is 29.5 Å². The predicted octanol–water partition coefficient (Wildman–Crippen LogP) is 3.01. The van der Waals surface area contributed by atoms with Crippen molar-refractivity contribution < 1.29 is 19.6 Å². The van der Waals surface area contributed by atoms with Crippen LogP contribution in [-0.4, -0.2) is 34.6 Å². The number of unbranched alkanes of at least 4 members (excludes halogenated alkanes) is 6. The molecule has 0 aliphatic heterocycles. The topological polar surface area (TPSA) is 134 Å². The Morgan fingerprint density at radius 3 is 2.50 bits per heavy atom. The quantitative estimate of drug-likeness (QED) is 0.205. The minimum Gasteiger partial charge on any atom is -0.507 e. The van der Waals surface area contributed by atoms with E-state index < -0.39 is 10.8 Å². The van der Waals surface area contributed by atoms with Crippen LogP contribution in [0.5, 0.6) is 5.75 Å². The third kappa shape index (κ3) is 9.65. The second kappa shape index (κ2) is 13.2. The van der Waals surface area contributed by atoms with E-state index in [9.17, 15) is 24.8 Å². The monoisotopic (exact) mass is 392 g/mol. The van der Waals surface area contributed by atoms with Gasteiger partial charge in [-0.3, -0.25) is 19.7 Å². The predicted molar refractivity (Wildman–Crippen MR) is 106 cm³/mol. The summed E-state index contributed by atoms with van der Waals surface area (Å²) in [5.74, 6) is -0.926. The van der Waals surface area contributed by atoms with Gasteiger partial charge in [-0.2, -0.15) is 5.10 Å². The number of amides is 2. The second-order valence-electron chi connectivity index (χ2n) is 6.44. The summed E-state index contributed by atoms with van der Waals surface area (Å²) in [6, 6.07) is 3.46. The highest BCUT2D eigenvalue weighted by Crippen LogP contribution is 2.21. The Labute approximate surface area is 164 Å². The van der Waals surface area contributed by atoms with Gasteiger partial charge in [-0.1, -0.05) is 45.4 Å². The molecule has 0 aromatic heterocycles. The summed E-state index contributed by atoms with van der Waals surface area (Å²) in [6.45, 7) is 1.96. The number of nitro groups is 1. The van der Waals surface area contributed by atoms with Gasteiger partial charge in [0.25, 0.3) is 11.6 Å². The number of aromatic hydroxyl groups is 1. The van der Waals surface area contributed by atoms with Crippen molar-refractivity contribution >= 4 is 23.7 Å². The third-order valence-corrected chi connectivity index (χ3v) is 4.07. The Balaban J connectivity index is 2.24. The fourth-order valence-corrected chi connectivity index (χ4v) is 2.48. The average Bonchev–Trinajstić information content (AvgIpc) is 2.67. The maximum absolute atomic E-state index is 11.7. The molecule has 0 saturated heterocycles. The van der Waals surface area contributed by atoms with Gasteiger partial charge in [-0.15, -0.1) is 0 Å². The van der Waals surface area contributed by atoms with Crippen molar-refractivity contribution in [3.05, 3.63) is 33.9 Å². The molecule has 2 amide bonds. The zero-order chi connectivity index (χ0) is 20.8. The molecule has 0 unspecified atom stereocenters. The highest BCUT2D eigenvalue weighted by atomic mass is 16.6. The first-order chi connectivity index (χ1) is 13.4. The zero-order valence-electron chi connectivity index (χ0n) is 16.1. The summed E-state index contributed by atoms with van der Waals surface area (Å²) < 4.78 is 0. The Morgan fingerprint density at radius 2 is 1.82 bits per heavy atom. The molecule has 0 spiro atoms. The number of hydrogen-bond donors (Lipinski definition) is 3. The van der Waals surface area contributed by atoms with Crippen LogP contribution in [0.2, 0.25) is 0 Å². The number of phenols is 1. The van der Waals surface area contributed by atoms with Gasteiger partial charge in [0.1, 0.15) is 5.75 Å². The number of hydrazone groups is 1. The van der Waals surface area contributed by atoms with Crippen molar-refractivity contribution in [3.63, 3.8) is 0 Å². The van der Waals surface area contributed by atoms with E-state index in [4.69, 9.17) is 0 Å². The number of carbonyl (C=O) groups is 2. The summed E-state index contributed by atoms with van der Waals surface area (Å²) in [5.41, 5.74) is 2.08. The van der Waals surface area contributed by atoms with Gasteiger partial charge in [0.15, 0.2) is 0 Å². The second-order valence-corrected chi connectivity index (χ2v) is 6.44. The average molecular weight is 392 g/mol. The van der Waals surface area contributed by atoms with E-state index in [1.807, 2.05) is 0 Å². The first-order valence-electron chi connectivity index (χ1n) is 9.50. The number of carbonyl (C=O) groups excluding carboxylic acids is 2. The van der Waals surface area contributed by atoms with Crippen LogP contribution in [0.25, 0.3) is 0 Å². The van der Waals surface area contributed by atoms with Crippen LogP contribution in [-0.2, 0) is 9.59 Å². The van der Waals surface area contributed by atoms with E-state index in [0.29, 0.717) is 6.42 Å². The molecule has 9 nitrogen and oxygen atoms in total. The summed E-state index contributed by atoms with van der Waals surface area (Å²) in [4.78, 5) is 33.5. The number of nitrogens with one attached hydrogen (secondary N) is 2. The maximum Gasteiger partial charge on any atom is 0.270 e. The molecular formula is C19H28N4O5. The molecule has 0 atom stereocenters.